The number of benzene rings is 1. The van der Waals surface area contributed by atoms with Crippen LogP contribution in [0.5, 0.6) is 0 Å². The molecular formula is C15H17N3O. The molecule has 0 aliphatic carbocycles. The average molecular weight is 255 g/mol. The van der Waals surface area contributed by atoms with E-state index in [1.54, 1.807) is 0 Å². The number of rotatable bonds is 1. The molecule has 1 amide bonds. The number of fused-ring (bicyclic) bond motifs is 1. The lowest BCUT2D eigenvalue weighted by atomic mass is 9.86. The highest BCUT2D eigenvalue weighted by Gasteiger charge is 2.48. The van der Waals surface area contributed by atoms with Gasteiger partial charge in [-0.3, -0.25) is 9.79 Å². The quantitative estimate of drug-likeness (QED) is 0.823. The van der Waals surface area contributed by atoms with Gasteiger partial charge in [0.1, 0.15) is 0 Å². The average Bonchev–Trinajstić information content (AvgIpc) is 3.13. The van der Waals surface area contributed by atoms with Gasteiger partial charge >= 0.3 is 0 Å². The summed E-state index contributed by atoms with van der Waals surface area (Å²) in [6.07, 6.45) is 3.87. The van der Waals surface area contributed by atoms with E-state index in [0.29, 0.717) is 5.91 Å². The van der Waals surface area contributed by atoms with Crippen molar-refractivity contribution < 1.29 is 4.79 Å². The molecule has 0 bridgehead atoms. The number of nitrogens with one attached hydrogen (secondary N) is 1. The molecule has 2 saturated heterocycles. The van der Waals surface area contributed by atoms with Gasteiger partial charge in [0.25, 0.3) is 0 Å². The maximum absolute atomic E-state index is 12.7. The van der Waals surface area contributed by atoms with Crippen molar-refractivity contribution in [3.63, 3.8) is 0 Å². The predicted molar refractivity (Wildman–Crippen MR) is 74.6 cm³/mol. The van der Waals surface area contributed by atoms with Crippen molar-refractivity contribution in [3.05, 3.63) is 29.3 Å². The molecule has 1 atom stereocenters. The Morgan fingerprint density at radius 3 is 3.11 bits per heavy atom. The van der Waals surface area contributed by atoms with E-state index in [1.807, 2.05) is 11.1 Å². The number of carbonyl (C=O) groups excluding carboxylic acids is 1. The van der Waals surface area contributed by atoms with E-state index < -0.39 is 0 Å². The van der Waals surface area contributed by atoms with Gasteiger partial charge in [-0.15, -0.1) is 0 Å². The van der Waals surface area contributed by atoms with Crippen molar-refractivity contribution in [2.75, 3.05) is 24.5 Å². The van der Waals surface area contributed by atoms with Crippen LogP contribution in [0.2, 0.25) is 0 Å². The van der Waals surface area contributed by atoms with Gasteiger partial charge in [-0.1, -0.05) is 6.07 Å². The molecule has 0 radical (unpaired) electrons. The summed E-state index contributed by atoms with van der Waals surface area (Å²) in [5.74, 6) is 0.299. The standard InChI is InChI=1S/C15H17N3O/c19-14-15(3-5-16-10-15)4-6-18(14)13-2-1-11-8-17-9-12(11)7-13/h1-2,7,9,16H,3-6,8,10H2/t15-/m0/s1. The molecule has 0 aromatic heterocycles. The fourth-order valence-electron chi connectivity index (χ4n) is 3.46. The van der Waals surface area contributed by atoms with Crippen molar-refractivity contribution in [2.45, 2.75) is 19.4 Å². The fraction of sp³-hybridized carbons (Fsp3) is 0.467. The Labute approximate surface area is 112 Å². The third-order valence-corrected chi connectivity index (χ3v) is 4.69. The van der Waals surface area contributed by atoms with Gasteiger partial charge in [-0.2, -0.15) is 0 Å². The molecule has 4 rings (SSSR count). The number of hydrogen-bond acceptors (Lipinski definition) is 3. The van der Waals surface area contributed by atoms with Crippen LogP contribution in [-0.4, -0.2) is 31.8 Å². The third-order valence-electron chi connectivity index (χ3n) is 4.69. The Kier molecular flexibility index (Phi) is 2.30. The van der Waals surface area contributed by atoms with Crippen LogP contribution >= 0.6 is 0 Å². The lowest BCUT2D eigenvalue weighted by molar-refractivity contribution is -0.124. The van der Waals surface area contributed by atoms with Crippen LogP contribution in [0.4, 0.5) is 5.69 Å². The Bertz CT molecular complexity index is 573. The minimum absolute atomic E-state index is 0.132. The number of amides is 1. The van der Waals surface area contributed by atoms with Crippen molar-refractivity contribution in [3.8, 4) is 0 Å². The molecule has 1 aromatic carbocycles. The Morgan fingerprint density at radius 2 is 2.26 bits per heavy atom. The van der Waals surface area contributed by atoms with E-state index in [-0.39, 0.29) is 5.41 Å². The minimum Gasteiger partial charge on any atom is -0.316 e. The highest BCUT2D eigenvalue weighted by Crippen LogP contribution is 2.39. The summed E-state index contributed by atoms with van der Waals surface area (Å²) < 4.78 is 0. The number of aliphatic imine (C=N–C) groups is 1. The first-order valence-corrected chi connectivity index (χ1v) is 6.94. The van der Waals surface area contributed by atoms with Crippen molar-refractivity contribution in [1.82, 2.24) is 5.32 Å². The van der Waals surface area contributed by atoms with Gasteiger partial charge in [0, 0.05) is 25.0 Å². The number of hydrogen-bond donors (Lipinski definition) is 1. The van der Waals surface area contributed by atoms with Gasteiger partial charge < -0.3 is 10.2 Å². The Balaban J connectivity index is 1.67. The van der Waals surface area contributed by atoms with Crippen molar-refractivity contribution >= 4 is 17.8 Å². The maximum Gasteiger partial charge on any atom is 0.234 e. The summed E-state index contributed by atoms with van der Waals surface area (Å²) >= 11 is 0. The summed E-state index contributed by atoms with van der Waals surface area (Å²) in [5, 5.41) is 3.33. The lowest BCUT2D eigenvalue weighted by Crippen LogP contribution is -2.36. The zero-order chi connectivity index (χ0) is 12.9. The molecule has 3 aliphatic rings. The summed E-state index contributed by atoms with van der Waals surface area (Å²) in [6.45, 7) is 3.43. The molecule has 1 aromatic rings. The van der Waals surface area contributed by atoms with Gasteiger partial charge in [0.15, 0.2) is 0 Å². The summed E-state index contributed by atoms with van der Waals surface area (Å²) in [6, 6.07) is 6.26. The molecule has 1 spiro atoms. The zero-order valence-corrected chi connectivity index (χ0v) is 10.9. The Hall–Kier alpha value is -1.68. The first-order chi connectivity index (χ1) is 9.28. The third kappa shape index (κ3) is 1.56. The van der Waals surface area contributed by atoms with Crippen molar-refractivity contribution in [1.29, 1.82) is 0 Å². The van der Waals surface area contributed by atoms with Crippen LogP contribution < -0.4 is 10.2 Å². The maximum atomic E-state index is 12.7. The molecule has 3 heterocycles. The highest BCUT2D eigenvalue weighted by molar-refractivity contribution is 6.01. The van der Waals surface area contributed by atoms with Gasteiger partial charge in [0.2, 0.25) is 5.91 Å². The first kappa shape index (κ1) is 11.2. The van der Waals surface area contributed by atoms with Crippen LogP contribution in [0.15, 0.2) is 23.2 Å². The molecule has 0 unspecified atom stereocenters. The molecule has 19 heavy (non-hydrogen) atoms. The molecule has 2 fully saturated rings. The monoisotopic (exact) mass is 255 g/mol. The van der Waals surface area contributed by atoms with E-state index in [4.69, 9.17) is 0 Å². The Morgan fingerprint density at radius 1 is 1.32 bits per heavy atom. The zero-order valence-electron chi connectivity index (χ0n) is 10.9. The molecular weight excluding hydrogens is 238 g/mol. The molecule has 1 N–H and O–H groups in total. The normalized spacial score (nSPS) is 28.6. The number of anilines is 1. The van der Waals surface area contributed by atoms with Crippen LogP contribution in [0.1, 0.15) is 24.0 Å². The second-order valence-electron chi connectivity index (χ2n) is 5.77. The van der Waals surface area contributed by atoms with Crippen LogP contribution in [-0.2, 0) is 11.3 Å². The van der Waals surface area contributed by atoms with E-state index in [1.165, 1.54) is 5.56 Å². The molecule has 4 heteroatoms. The fourth-order valence-corrected chi connectivity index (χ4v) is 3.46. The van der Waals surface area contributed by atoms with E-state index in [2.05, 4.69) is 28.5 Å². The van der Waals surface area contributed by atoms with E-state index >= 15 is 0 Å². The van der Waals surface area contributed by atoms with Gasteiger partial charge in [-0.25, -0.2) is 0 Å². The SMILES string of the molecule is O=C1N(c2ccc3c(c2)C=NC3)CC[C@]12CCNC2. The van der Waals surface area contributed by atoms with Crippen LogP contribution in [0, 0.1) is 5.41 Å². The van der Waals surface area contributed by atoms with Gasteiger partial charge in [-0.05, 0) is 42.6 Å². The molecule has 4 nitrogen and oxygen atoms in total. The largest absolute Gasteiger partial charge is 0.316 e. The molecule has 3 aliphatic heterocycles. The lowest BCUT2D eigenvalue weighted by Gasteiger charge is -2.22. The minimum atomic E-state index is -0.132. The smallest absolute Gasteiger partial charge is 0.234 e. The number of carbonyl (C=O) groups is 1. The van der Waals surface area contributed by atoms with Crippen molar-refractivity contribution in [2.24, 2.45) is 10.4 Å². The first-order valence-electron chi connectivity index (χ1n) is 6.94. The molecule has 0 saturated carbocycles. The second-order valence-corrected chi connectivity index (χ2v) is 5.77. The van der Waals surface area contributed by atoms with Gasteiger partial charge in [0.05, 0.1) is 12.0 Å². The van der Waals surface area contributed by atoms with Crippen LogP contribution in [0.3, 0.4) is 0 Å². The van der Waals surface area contributed by atoms with Crippen LogP contribution in [0.25, 0.3) is 0 Å². The summed E-state index contributed by atoms with van der Waals surface area (Å²) in [4.78, 5) is 18.9. The second kappa shape index (κ2) is 3.90. The number of nitrogens with zero attached hydrogens (tertiary/aromatic N) is 2. The molecule has 98 valence electrons. The van der Waals surface area contributed by atoms with E-state index in [9.17, 15) is 4.79 Å². The highest BCUT2D eigenvalue weighted by atomic mass is 16.2. The topological polar surface area (TPSA) is 44.7 Å². The summed E-state index contributed by atoms with van der Waals surface area (Å²) in [5.41, 5.74) is 3.32. The predicted octanol–water partition coefficient (Wildman–Crippen LogP) is 1.34. The summed E-state index contributed by atoms with van der Waals surface area (Å²) in [7, 11) is 0. The van der Waals surface area contributed by atoms with E-state index in [0.717, 1.165) is 50.3 Å².